The number of hydrogen-bond donors (Lipinski definition) is 6. The van der Waals surface area contributed by atoms with E-state index in [0.717, 1.165) is 0 Å². The maximum Gasteiger partial charge on any atom is 0.326 e. The molecule has 0 aliphatic heterocycles. The number of rotatable bonds is 12. The molecular formula is C20H29N3O7. The van der Waals surface area contributed by atoms with Crippen molar-refractivity contribution in [1.29, 1.82) is 0 Å². The first-order valence-corrected chi connectivity index (χ1v) is 9.58. The molecular weight excluding hydrogens is 394 g/mol. The molecule has 0 bridgehead atoms. The van der Waals surface area contributed by atoms with Gasteiger partial charge in [-0.3, -0.25) is 14.4 Å². The van der Waals surface area contributed by atoms with Crippen molar-refractivity contribution in [2.45, 2.75) is 57.7 Å². The maximum absolute atomic E-state index is 12.8. The second-order valence-electron chi connectivity index (χ2n) is 7.50. The minimum Gasteiger partial charge on any atom is -0.508 e. The third kappa shape index (κ3) is 8.91. The van der Waals surface area contributed by atoms with Gasteiger partial charge in [-0.05, 0) is 36.5 Å². The highest BCUT2D eigenvalue weighted by atomic mass is 16.4. The Morgan fingerprint density at radius 1 is 0.967 bits per heavy atom. The molecule has 3 unspecified atom stereocenters. The number of aliphatic carboxylic acids is 2. The third-order valence-corrected chi connectivity index (χ3v) is 4.34. The van der Waals surface area contributed by atoms with Crippen LogP contribution in [0.4, 0.5) is 0 Å². The number of nitrogens with two attached hydrogens (primary N) is 1. The summed E-state index contributed by atoms with van der Waals surface area (Å²) in [5, 5.41) is 32.4. The lowest BCUT2D eigenvalue weighted by Gasteiger charge is -2.23. The molecule has 166 valence electrons. The molecule has 0 heterocycles. The van der Waals surface area contributed by atoms with Gasteiger partial charge in [-0.1, -0.05) is 26.0 Å². The van der Waals surface area contributed by atoms with Crippen LogP contribution in [-0.2, 0) is 25.6 Å². The summed E-state index contributed by atoms with van der Waals surface area (Å²) in [5.41, 5.74) is 6.32. The smallest absolute Gasteiger partial charge is 0.326 e. The number of benzene rings is 1. The fraction of sp³-hybridized carbons (Fsp3) is 0.500. The Hall–Kier alpha value is -3.14. The Labute approximate surface area is 174 Å². The van der Waals surface area contributed by atoms with Crippen LogP contribution >= 0.6 is 0 Å². The largest absolute Gasteiger partial charge is 0.508 e. The second kappa shape index (κ2) is 11.8. The van der Waals surface area contributed by atoms with Crippen molar-refractivity contribution >= 4 is 23.8 Å². The van der Waals surface area contributed by atoms with Crippen LogP contribution in [0.15, 0.2) is 24.3 Å². The molecule has 0 fully saturated rings. The van der Waals surface area contributed by atoms with Gasteiger partial charge in [-0.15, -0.1) is 0 Å². The summed E-state index contributed by atoms with van der Waals surface area (Å²) in [7, 11) is 0. The molecule has 0 aliphatic rings. The summed E-state index contributed by atoms with van der Waals surface area (Å²) >= 11 is 0. The van der Waals surface area contributed by atoms with Crippen LogP contribution in [-0.4, -0.2) is 57.2 Å². The Kier molecular flexibility index (Phi) is 9.76. The fourth-order valence-corrected chi connectivity index (χ4v) is 2.73. The summed E-state index contributed by atoms with van der Waals surface area (Å²) in [5.74, 6) is -3.66. The lowest BCUT2D eigenvalue weighted by atomic mass is 10.0. The molecule has 0 aromatic heterocycles. The maximum atomic E-state index is 12.8. The van der Waals surface area contributed by atoms with Gasteiger partial charge in [0.15, 0.2) is 0 Å². The van der Waals surface area contributed by atoms with Gasteiger partial charge < -0.3 is 31.7 Å². The summed E-state index contributed by atoms with van der Waals surface area (Å²) in [6.07, 6.45) is -0.185. The zero-order valence-corrected chi connectivity index (χ0v) is 17.0. The molecule has 0 aliphatic carbocycles. The van der Waals surface area contributed by atoms with E-state index >= 15 is 0 Å². The first kappa shape index (κ1) is 24.9. The Morgan fingerprint density at radius 2 is 1.53 bits per heavy atom. The van der Waals surface area contributed by atoms with Crippen LogP contribution in [0.2, 0.25) is 0 Å². The molecule has 1 aromatic rings. The number of phenols is 1. The van der Waals surface area contributed by atoms with Crippen LogP contribution in [0.5, 0.6) is 5.75 Å². The van der Waals surface area contributed by atoms with Gasteiger partial charge in [0.1, 0.15) is 17.8 Å². The van der Waals surface area contributed by atoms with E-state index in [9.17, 15) is 29.4 Å². The third-order valence-electron chi connectivity index (χ3n) is 4.34. The predicted molar refractivity (Wildman–Crippen MR) is 108 cm³/mol. The predicted octanol–water partition coefficient (Wildman–Crippen LogP) is 0.227. The molecule has 1 rings (SSSR count). The van der Waals surface area contributed by atoms with Crippen molar-refractivity contribution in [3.05, 3.63) is 29.8 Å². The number of nitrogens with one attached hydrogen (secondary N) is 2. The molecule has 10 nitrogen and oxygen atoms in total. The summed E-state index contributed by atoms with van der Waals surface area (Å²) in [6, 6.07) is 2.57. The van der Waals surface area contributed by atoms with Gasteiger partial charge >= 0.3 is 11.9 Å². The van der Waals surface area contributed by atoms with Crippen LogP contribution in [0, 0.1) is 5.92 Å². The van der Waals surface area contributed by atoms with Crippen LogP contribution in [0.25, 0.3) is 0 Å². The van der Waals surface area contributed by atoms with E-state index in [1.165, 1.54) is 12.1 Å². The highest BCUT2D eigenvalue weighted by Gasteiger charge is 2.28. The van der Waals surface area contributed by atoms with E-state index in [1.807, 2.05) is 13.8 Å². The topological polar surface area (TPSA) is 179 Å². The van der Waals surface area contributed by atoms with Crippen molar-refractivity contribution in [3.63, 3.8) is 0 Å². The summed E-state index contributed by atoms with van der Waals surface area (Å²) in [6.45, 7) is 3.64. The molecule has 30 heavy (non-hydrogen) atoms. The standard InChI is InChI=1S/C20H29N3O7/c1-11(2)9-16(20(29)30)23-19(28)15(10-12-3-5-13(24)6-4-12)22-18(27)14(21)7-8-17(25)26/h3-6,11,14-16,24H,7-10,21H2,1-2H3,(H,22,27)(H,23,28)(H,25,26)(H,29,30). The summed E-state index contributed by atoms with van der Waals surface area (Å²) < 4.78 is 0. The molecule has 3 atom stereocenters. The van der Waals surface area contributed by atoms with Crippen LogP contribution < -0.4 is 16.4 Å². The highest BCUT2D eigenvalue weighted by molar-refractivity contribution is 5.92. The average molecular weight is 423 g/mol. The van der Waals surface area contributed by atoms with Gasteiger partial charge in [0, 0.05) is 12.8 Å². The number of aromatic hydroxyl groups is 1. The average Bonchev–Trinajstić information content (AvgIpc) is 2.65. The lowest BCUT2D eigenvalue weighted by Crippen LogP contribution is -2.55. The molecule has 0 saturated heterocycles. The van der Waals surface area contributed by atoms with E-state index < -0.39 is 41.9 Å². The van der Waals surface area contributed by atoms with Crippen molar-refractivity contribution in [2.24, 2.45) is 11.7 Å². The molecule has 0 saturated carbocycles. The molecule has 0 radical (unpaired) electrons. The Balaban J connectivity index is 2.96. The Bertz CT molecular complexity index is 749. The number of carboxylic acids is 2. The van der Waals surface area contributed by atoms with Gasteiger partial charge in [0.2, 0.25) is 11.8 Å². The van der Waals surface area contributed by atoms with Crippen molar-refractivity contribution < 1.29 is 34.5 Å². The quantitative estimate of drug-likeness (QED) is 0.276. The van der Waals surface area contributed by atoms with Crippen molar-refractivity contribution in [1.82, 2.24) is 10.6 Å². The van der Waals surface area contributed by atoms with Crippen molar-refractivity contribution in [3.8, 4) is 5.75 Å². The first-order chi connectivity index (χ1) is 14.0. The number of carbonyl (C=O) groups excluding carboxylic acids is 2. The minimum absolute atomic E-state index is 0.0148. The molecule has 10 heteroatoms. The number of hydrogen-bond acceptors (Lipinski definition) is 6. The number of phenolic OH excluding ortho intramolecular Hbond substituents is 1. The van der Waals surface area contributed by atoms with Gasteiger partial charge in [0.25, 0.3) is 0 Å². The van der Waals surface area contributed by atoms with E-state index in [0.29, 0.717) is 5.56 Å². The zero-order chi connectivity index (χ0) is 22.8. The van der Waals surface area contributed by atoms with Crippen molar-refractivity contribution in [2.75, 3.05) is 0 Å². The van der Waals surface area contributed by atoms with E-state index in [1.54, 1.807) is 12.1 Å². The van der Waals surface area contributed by atoms with E-state index in [2.05, 4.69) is 10.6 Å². The lowest BCUT2D eigenvalue weighted by molar-refractivity contribution is -0.142. The van der Waals surface area contributed by atoms with Crippen LogP contribution in [0.1, 0.15) is 38.7 Å². The Morgan fingerprint density at radius 3 is 2.03 bits per heavy atom. The second-order valence-corrected chi connectivity index (χ2v) is 7.50. The zero-order valence-electron chi connectivity index (χ0n) is 17.0. The monoisotopic (exact) mass is 423 g/mol. The van der Waals surface area contributed by atoms with Gasteiger partial charge in [-0.25, -0.2) is 4.79 Å². The normalized spacial score (nSPS) is 13.9. The fourth-order valence-electron chi connectivity index (χ4n) is 2.73. The van der Waals surface area contributed by atoms with Gasteiger partial charge in [0.05, 0.1) is 6.04 Å². The number of carboxylic acid groups (broad SMARTS) is 2. The highest BCUT2D eigenvalue weighted by Crippen LogP contribution is 2.12. The van der Waals surface area contributed by atoms with E-state index in [-0.39, 0.29) is 37.4 Å². The molecule has 7 N–H and O–H groups in total. The molecule has 0 spiro atoms. The summed E-state index contributed by atoms with van der Waals surface area (Å²) in [4.78, 5) is 47.2. The van der Waals surface area contributed by atoms with E-state index in [4.69, 9.17) is 10.8 Å². The number of amides is 2. The molecule has 2 amide bonds. The number of carbonyl (C=O) groups is 4. The SMILES string of the molecule is CC(C)CC(NC(=O)C(Cc1ccc(O)cc1)NC(=O)C(N)CCC(=O)O)C(=O)O. The van der Waals surface area contributed by atoms with Gasteiger partial charge in [-0.2, -0.15) is 0 Å². The molecule has 1 aromatic carbocycles. The first-order valence-electron chi connectivity index (χ1n) is 9.58. The minimum atomic E-state index is -1.19. The van der Waals surface area contributed by atoms with Crippen LogP contribution in [0.3, 0.4) is 0 Å².